The Hall–Kier alpha value is -1.43. The summed E-state index contributed by atoms with van der Waals surface area (Å²) in [5.41, 5.74) is 0. The van der Waals surface area contributed by atoms with E-state index in [2.05, 4.69) is 33.9 Å². The Morgan fingerprint density at radius 1 is 1.25 bits per heavy atom. The molecule has 1 N–H and O–H groups in total. The van der Waals surface area contributed by atoms with Gasteiger partial charge in [-0.2, -0.15) is 0 Å². The number of aromatic nitrogens is 3. The number of amides is 1. The molecule has 1 aromatic heterocycles. The topological polar surface area (TPSA) is 65.1 Å². The lowest BCUT2D eigenvalue weighted by Gasteiger charge is -2.37. The molecule has 0 radical (unpaired) electrons. The quantitative estimate of drug-likeness (QED) is 0.907. The van der Waals surface area contributed by atoms with Gasteiger partial charge in [-0.3, -0.25) is 14.8 Å². The molecule has 2 heterocycles. The maximum Gasteiger partial charge on any atom is 0.293 e. The zero-order chi connectivity index (χ0) is 14.7. The molecular formula is C14H25N5O. The van der Waals surface area contributed by atoms with Crippen molar-refractivity contribution in [2.75, 3.05) is 26.2 Å². The zero-order valence-corrected chi connectivity index (χ0v) is 12.9. The van der Waals surface area contributed by atoms with Gasteiger partial charge in [-0.15, -0.1) is 5.10 Å². The lowest BCUT2D eigenvalue weighted by atomic mass is 10.2. The molecular weight excluding hydrogens is 254 g/mol. The molecule has 6 heteroatoms. The van der Waals surface area contributed by atoms with E-state index < -0.39 is 0 Å². The fourth-order valence-electron chi connectivity index (χ4n) is 2.39. The smallest absolute Gasteiger partial charge is 0.293 e. The molecule has 0 saturated carbocycles. The molecule has 20 heavy (non-hydrogen) atoms. The molecule has 1 aliphatic heterocycles. The summed E-state index contributed by atoms with van der Waals surface area (Å²) < 4.78 is 0. The van der Waals surface area contributed by atoms with Crippen molar-refractivity contribution in [3.8, 4) is 0 Å². The van der Waals surface area contributed by atoms with Crippen LogP contribution in [0.15, 0.2) is 0 Å². The molecule has 1 fully saturated rings. The molecule has 1 amide bonds. The Labute approximate surface area is 120 Å². The number of hydrogen-bond donors (Lipinski definition) is 1. The van der Waals surface area contributed by atoms with Crippen molar-refractivity contribution in [1.29, 1.82) is 0 Å². The molecule has 6 nitrogen and oxygen atoms in total. The van der Waals surface area contributed by atoms with Gasteiger partial charge in [-0.25, -0.2) is 4.98 Å². The van der Waals surface area contributed by atoms with Gasteiger partial charge in [0.25, 0.3) is 5.91 Å². The summed E-state index contributed by atoms with van der Waals surface area (Å²) >= 11 is 0. The number of carbonyl (C=O) groups is 1. The van der Waals surface area contributed by atoms with Crippen LogP contribution in [0.4, 0.5) is 0 Å². The first-order chi connectivity index (χ1) is 9.52. The largest absolute Gasteiger partial charge is 0.333 e. The van der Waals surface area contributed by atoms with E-state index in [1.807, 2.05) is 18.7 Å². The van der Waals surface area contributed by atoms with Crippen molar-refractivity contribution in [3.63, 3.8) is 0 Å². The van der Waals surface area contributed by atoms with Crippen LogP contribution in [0.5, 0.6) is 0 Å². The third kappa shape index (κ3) is 3.17. The van der Waals surface area contributed by atoms with E-state index in [9.17, 15) is 4.79 Å². The Balaban J connectivity index is 1.94. The minimum Gasteiger partial charge on any atom is -0.333 e. The highest BCUT2D eigenvalue weighted by Crippen LogP contribution is 2.12. The standard InChI is InChI=1S/C14H25N5O/c1-5-11(4)18-6-8-19(9-7-18)14(20)13-15-12(10(2)3)16-17-13/h10-11H,5-9H2,1-4H3,(H,15,16,17). The van der Waals surface area contributed by atoms with Crippen LogP contribution in [0.25, 0.3) is 0 Å². The van der Waals surface area contributed by atoms with Crippen molar-refractivity contribution >= 4 is 5.91 Å². The maximum atomic E-state index is 12.3. The number of rotatable bonds is 4. The number of H-pyrrole nitrogens is 1. The molecule has 0 aliphatic carbocycles. The van der Waals surface area contributed by atoms with Crippen molar-refractivity contribution in [2.45, 2.75) is 46.1 Å². The first-order valence-electron chi connectivity index (χ1n) is 7.48. The Bertz CT molecular complexity index is 448. The molecule has 112 valence electrons. The summed E-state index contributed by atoms with van der Waals surface area (Å²) in [4.78, 5) is 20.9. The van der Waals surface area contributed by atoms with Crippen molar-refractivity contribution < 1.29 is 4.79 Å². The second kappa shape index (κ2) is 6.35. The summed E-state index contributed by atoms with van der Waals surface area (Å²) in [5.74, 6) is 1.26. The third-order valence-corrected chi connectivity index (χ3v) is 4.06. The second-order valence-corrected chi connectivity index (χ2v) is 5.78. The second-order valence-electron chi connectivity index (χ2n) is 5.78. The normalized spacial score (nSPS) is 18.6. The van der Waals surface area contributed by atoms with Gasteiger partial charge in [-0.05, 0) is 13.3 Å². The summed E-state index contributed by atoms with van der Waals surface area (Å²) in [5, 5.41) is 6.88. The molecule has 0 bridgehead atoms. The number of hydrogen-bond acceptors (Lipinski definition) is 4. The van der Waals surface area contributed by atoms with Gasteiger partial charge >= 0.3 is 0 Å². The minimum absolute atomic E-state index is 0.0584. The van der Waals surface area contributed by atoms with Crippen LogP contribution >= 0.6 is 0 Å². The Morgan fingerprint density at radius 2 is 1.90 bits per heavy atom. The zero-order valence-electron chi connectivity index (χ0n) is 12.9. The van der Waals surface area contributed by atoms with E-state index in [1.54, 1.807) is 0 Å². The van der Waals surface area contributed by atoms with E-state index in [4.69, 9.17) is 0 Å². The van der Waals surface area contributed by atoms with Crippen LogP contribution in [-0.4, -0.2) is 63.1 Å². The molecule has 0 spiro atoms. The lowest BCUT2D eigenvalue weighted by molar-refractivity contribution is 0.0568. The highest BCUT2D eigenvalue weighted by atomic mass is 16.2. The van der Waals surface area contributed by atoms with Gasteiger partial charge in [0.15, 0.2) is 0 Å². The number of nitrogens with zero attached hydrogens (tertiary/aromatic N) is 4. The molecule has 1 atom stereocenters. The predicted molar refractivity (Wildman–Crippen MR) is 77.7 cm³/mol. The number of aromatic amines is 1. The van der Waals surface area contributed by atoms with E-state index >= 15 is 0 Å². The van der Waals surface area contributed by atoms with Gasteiger partial charge in [0.05, 0.1) is 0 Å². The Kier molecular flexibility index (Phi) is 4.75. The van der Waals surface area contributed by atoms with Gasteiger partial charge in [0.2, 0.25) is 5.82 Å². The summed E-state index contributed by atoms with van der Waals surface area (Å²) in [6.45, 7) is 11.9. The van der Waals surface area contributed by atoms with Gasteiger partial charge in [0.1, 0.15) is 5.82 Å². The van der Waals surface area contributed by atoms with E-state index in [0.29, 0.717) is 11.9 Å². The van der Waals surface area contributed by atoms with Crippen molar-refractivity contribution in [2.24, 2.45) is 0 Å². The monoisotopic (exact) mass is 279 g/mol. The van der Waals surface area contributed by atoms with Gasteiger partial charge in [-0.1, -0.05) is 20.8 Å². The SMILES string of the molecule is CCC(C)N1CCN(C(=O)c2n[nH]c(C(C)C)n2)CC1. The molecule has 1 unspecified atom stereocenters. The van der Waals surface area contributed by atoms with Crippen LogP contribution in [-0.2, 0) is 0 Å². The van der Waals surface area contributed by atoms with Crippen molar-refractivity contribution in [3.05, 3.63) is 11.6 Å². The van der Waals surface area contributed by atoms with Crippen molar-refractivity contribution in [1.82, 2.24) is 25.0 Å². The van der Waals surface area contributed by atoms with E-state index in [1.165, 1.54) is 0 Å². The molecule has 1 aromatic rings. The van der Waals surface area contributed by atoms with Crippen LogP contribution in [0.2, 0.25) is 0 Å². The highest BCUT2D eigenvalue weighted by Gasteiger charge is 2.26. The summed E-state index contributed by atoms with van der Waals surface area (Å²) in [7, 11) is 0. The van der Waals surface area contributed by atoms with Crippen LogP contribution < -0.4 is 0 Å². The number of carbonyl (C=O) groups excluding carboxylic acids is 1. The van der Waals surface area contributed by atoms with E-state index in [-0.39, 0.29) is 11.8 Å². The molecule has 2 rings (SSSR count). The average molecular weight is 279 g/mol. The fraction of sp³-hybridized carbons (Fsp3) is 0.786. The van der Waals surface area contributed by atoms with Crippen LogP contribution in [0.1, 0.15) is 56.5 Å². The summed E-state index contributed by atoms with van der Waals surface area (Å²) in [6, 6.07) is 0.586. The van der Waals surface area contributed by atoms with Gasteiger partial charge in [0, 0.05) is 38.1 Å². The van der Waals surface area contributed by atoms with E-state index in [0.717, 1.165) is 38.4 Å². The average Bonchev–Trinajstić information content (AvgIpc) is 2.96. The van der Waals surface area contributed by atoms with Crippen LogP contribution in [0, 0.1) is 0 Å². The fourth-order valence-corrected chi connectivity index (χ4v) is 2.39. The van der Waals surface area contributed by atoms with Crippen LogP contribution in [0.3, 0.4) is 0 Å². The minimum atomic E-state index is -0.0584. The maximum absolute atomic E-state index is 12.3. The molecule has 1 saturated heterocycles. The first kappa shape index (κ1) is 15.0. The third-order valence-electron chi connectivity index (χ3n) is 4.06. The van der Waals surface area contributed by atoms with Gasteiger partial charge < -0.3 is 4.90 Å². The number of nitrogens with one attached hydrogen (secondary N) is 1. The number of piperazine rings is 1. The molecule has 0 aromatic carbocycles. The Morgan fingerprint density at radius 3 is 2.40 bits per heavy atom. The molecule has 1 aliphatic rings. The highest BCUT2D eigenvalue weighted by molar-refractivity contribution is 5.90. The first-order valence-corrected chi connectivity index (χ1v) is 7.48. The lowest BCUT2D eigenvalue weighted by Crippen LogP contribution is -2.51. The predicted octanol–water partition coefficient (Wildman–Crippen LogP) is 1.48. The summed E-state index contributed by atoms with van der Waals surface area (Å²) in [6.07, 6.45) is 1.15.